The molecular formula is C25H24N6O3. The molecule has 0 saturated carbocycles. The number of carbonyl (C=O) groups excluding carboxylic acids is 1. The molecule has 34 heavy (non-hydrogen) atoms. The Balaban J connectivity index is 1.28. The third-order valence-corrected chi connectivity index (χ3v) is 5.99. The van der Waals surface area contributed by atoms with Crippen molar-refractivity contribution in [3.05, 3.63) is 77.3 Å². The molecule has 1 fully saturated rings. The zero-order valence-corrected chi connectivity index (χ0v) is 18.9. The number of benzene rings is 2. The molecule has 9 heteroatoms. The van der Waals surface area contributed by atoms with E-state index >= 15 is 0 Å². The number of H-pyrrole nitrogens is 1. The number of piperazine rings is 1. The van der Waals surface area contributed by atoms with Crippen LogP contribution in [0.25, 0.3) is 10.9 Å². The van der Waals surface area contributed by atoms with Crippen LogP contribution in [-0.4, -0.2) is 59.5 Å². The van der Waals surface area contributed by atoms with E-state index < -0.39 is 0 Å². The van der Waals surface area contributed by atoms with E-state index in [1.54, 1.807) is 17.2 Å². The highest BCUT2D eigenvalue weighted by Crippen LogP contribution is 2.29. The summed E-state index contributed by atoms with van der Waals surface area (Å²) >= 11 is 0. The van der Waals surface area contributed by atoms with E-state index in [2.05, 4.69) is 24.8 Å². The van der Waals surface area contributed by atoms with Gasteiger partial charge in [-0.1, -0.05) is 0 Å². The van der Waals surface area contributed by atoms with Gasteiger partial charge in [0, 0.05) is 50.4 Å². The topological polar surface area (TPSA) is 94.7 Å². The number of amides is 1. The molecule has 4 aromatic rings. The number of pyridine rings is 1. The first-order valence-corrected chi connectivity index (χ1v) is 10.9. The standard InChI is InChI=1S/C25H24N6O3/c1-29-13-14-31(16-23(29)32)19-5-3-17(4-6-19)30(2)18-7-9-20(10-8-18)34-25-27-22-15-26-12-11-21(22)24(33)28-25/h3-12,15H,13-14,16H2,1-2H3,(H,27,28,33). The molecule has 0 atom stereocenters. The van der Waals surface area contributed by atoms with Gasteiger partial charge in [-0.3, -0.25) is 19.6 Å². The van der Waals surface area contributed by atoms with Crippen molar-refractivity contribution in [2.75, 3.05) is 43.5 Å². The van der Waals surface area contributed by atoms with Gasteiger partial charge < -0.3 is 19.4 Å². The number of anilines is 3. The van der Waals surface area contributed by atoms with Gasteiger partial charge in [0.2, 0.25) is 5.91 Å². The van der Waals surface area contributed by atoms with E-state index in [0.717, 1.165) is 30.2 Å². The number of ether oxygens (including phenoxy) is 1. The minimum atomic E-state index is -0.275. The molecule has 172 valence electrons. The lowest BCUT2D eigenvalue weighted by atomic mass is 10.2. The summed E-state index contributed by atoms with van der Waals surface area (Å²) in [7, 11) is 3.82. The van der Waals surface area contributed by atoms with Crippen molar-refractivity contribution in [3.63, 3.8) is 0 Å². The number of fused-ring (bicyclic) bond motifs is 1. The number of hydrogen-bond donors (Lipinski definition) is 1. The number of aromatic amines is 1. The normalized spacial score (nSPS) is 13.9. The molecular weight excluding hydrogens is 432 g/mol. The third-order valence-electron chi connectivity index (χ3n) is 5.99. The zero-order chi connectivity index (χ0) is 23.7. The number of nitrogens with one attached hydrogen (secondary N) is 1. The minimum Gasteiger partial charge on any atom is -0.426 e. The maximum Gasteiger partial charge on any atom is 0.302 e. The van der Waals surface area contributed by atoms with E-state index in [1.807, 2.05) is 62.6 Å². The second-order valence-electron chi connectivity index (χ2n) is 8.17. The fourth-order valence-electron chi connectivity index (χ4n) is 3.88. The summed E-state index contributed by atoms with van der Waals surface area (Å²) in [5, 5.41) is 0.463. The van der Waals surface area contributed by atoms with Crippen molar-refractivity contribution >= 4 is 33.9 Å². The van der Waals surface area contributed by atoms with Crippen molar-refractivity contribution in [1.29, 1.82) is 0 Å². The maximum atomic E-state index is 12.2. The van der Waals surface area contributed by atoms with Crippen LogP contribution in [0.1, 0.15) is 0 Å². The molecule has 0 aliphatic carbocycles. The summed E-state index contributed by atoms with van der Waals surface area (Å²) in [5.74, 6) is 0.688. The van der Waals surface area contributed by atoms with Crippen LogP contribution in [0, 0.1) is 0 Å². The van der Waals surface area contributed by atoms with Crippen LogP contribution in [0.3, 0.4) is 0 Å². The van der Waals surface area contributed by atoms with Crippen LogP contribution < -0.4 is 20.1 Å². The van der Waals surface area contributed by atoms with Crippen molar-refractivity contribution < 1.29 is 9.53 Å². The Bertz CT molecular complexity index is 1380. The number of rotatable bonds is 5. The number of hydrogen-bond acceptors (Lipinski definition) is 7. The summed E-state index contributed by atoms with van der Waals surface area (Å²) in [6, 6.07) is 17.4. The summed E-state index contributed by atoms with van der Waals surface area (Å²) in [6.07, 6.45) is 3.08. The highest BCUT2D eigenvalue weighted by molar-refractivity contribution is 5.82. The largest absolute Gasteiger partial charge is 0.426 e. The van der Waals surface area contributed by atoms with Crippen molar-refractivity contribution in [1.82, 2.24) is 19.9 Å². The van der Waals surface area contributed by atoms with Crippen molar-refractivity contribution in [3.8, 4) is 11.8 Å². The number of carbonyl (C=O) groups is 1. The number of aromatic nitrogens is 3. The fraction of sp³-hybridized carbons (Fsp3) is 0.200. The van der Waals surface area contributed by atoms with Crippen LogP contribution in [0.15, 0.2) is 71.8 Å². The highest BCUT2D eigenvalue weighted by Gasteiger charge is 2.21. The molecule has 9 nitrogen and oxygen atoms in total. The lowest BCUT2D eigenvalue weighted by molar-refractivity contribution is -0.129. The summed E-state index contributed by atoms with van der Waals surface area (Å²) in [4.78, 5) is 41.1. The SMILES string of the molecule is CN1CCN(c2ccc(N(C)c3ccc(Oc4nc5cnccc5c(=O)[nH]4)cc3)cc2)CC1=O. The Morgan fingerprint density at radius 1 is 0.971 bits per heavy atom. The quantitative estimate of drug-likeness (QED) is 0.493. The van der Waals surface area contributed by atoms with Crippen LogP contribution >= 0.6 is 0 Å². The number of nitrogens with zero attached hydrogens (tertiary/aromatic N) is 5. The molecule has 1 N–H and O–H groups in total. The monoisotopic (exact) mass is 456 g/mol. The Hall–Kier alpha value is -4.40. The fourth-order valence-corrected chi connectivity index (χ4v) is 3.88. The van der Waals surface area contributed by atoms with E-state index in [9.17, 15) is 9.59 Å². The molecule has 0 spiro atoms. The van der Waals surface area contributed by atoms with Crippen LogP contribution in [0.2, 0.25) is 0 Å². The van der Waals surface area contributed by atoms with Gasteiger partial charge in [-0.05, 0) is 54.6 Å². The molecule has 0 radical (unpaired) electrons. The second kappa shape index (κ2) is 8.86. The van der Waals surface area contributed by atoms with Crippen LogP contribution in [0.5, 0.6) is 11.8 Å². The van der Waals surface area contributed by atoms with Gasteiger partial charge >= 0.3 is 6.01 Å². The smallest absolute Gasteiger partial charge is 0.302 e. The van der Waals surface area contributed by atoms with Crippen molar-refractivity contribution in [2.24, 2.45) is 0 Å². The van der Waals surface area contributed by atoms with Crippen LogP contribution in [0.4, 0.5) is 17.1 Å². The maximum absolute atomic E-state index is 12.2. The Labute approximate surface area is 196 Å². The van der Waals surface area contributed by atoms with E-state index in [4.69, 9.17) is 4.74 Å². The Morgan fingerprint density at radius 3 is 2.38 bits per heavy atom. The zero-order valence-electron chi connectivity index (χ0n) is 18.9. The first kappa shape index (κ1) is 21.4. The summed E-state index contributed by atoms with van der Waals surface area (Å²) in [6.45, 7) is 1.96. The lowest BCUT2D eigenvalue weighted by Crippen LogP contribution is -2.48. The molecule has 1 aliphatic heterocycles. The van der Waals surface area contributed by atoms with E-state index in [0.29, 0.717) is 23.2 Å². The minimum absolute atomic E-state index is 0.115. The van der Waals surface area contributed by atoms with Gasteiger partial charge in [-0.25, -0.2) is 0 Å². The van der Waals surface area contributed by atoms with Gasteiger partial charge in [-0.2, -0.15) is 4.98 Å². The Kier molecular flexibility index (Phi) is 5.59. The molecule has 1 saturated heterocycles. The van der Waals surface area contributed by atoms with Gasteiger partial charge in [0.25, 0.3) is 5.56 Å². The Morgan fingerprint density at radius 2 is 1.68 bits per heavy atom. The molecule has 2 aromatic heterocycles. The van der Waals surface area contributed by atoms with E-state index in [-0.39, 0.29) is 17.5 Å². The average Bonchev–Trinajstić information content (AvgIpc) is 2.86. The molecule has 1 aliphatic rings. The molecule has 3 heterocycles. The summed E-state index contributed by atoms with van der Waals surface area (Å²) in [5.41, 5.74) is 3.23. The molecule has 5 rings (SSSR count). The molecule has 1 amide bonds. The van der Waals surface area contributed by atoms with Gasteiger partial charge in [0.05, 0.1) is 23.6 Å². The summed E-state index contributed by atoms with van der Waals surface area (Å²) < 4.78 is 5.76. The third kappa shape index (κ3) is 4.27. The number of likely N-dealkylation sites (N-methyl/N-ethyl adjacent to an activating group) is 1. The highest BCUT2D eigenvalue weighted by atomic mass is 16.5. The predicted molar refractivity (Wildman–Crippen MR) is 131 cm³/mol. The van der Waals surface area contributed by atoms with E-state index in [1.165, 1.54) is 6.20 Å². The molecule has 0 unspecified atom stereocenters. The van der Waals surface area contributed by atoms with Gasteiger partial charge in [-0.15, -0.1) is 0 Å². The first-order valence-electron chi connectivity index (χ1n) is 10.9. The molecule has 2 aromatic carbocycles. The first-order chi connectivity index (χ1) is 16.5. The lowest BCUT2D eigenvalue weighted by Gasteiger charge is -2.33. The molecule has 0 bridgehead atoms. The van der Waals surface area contributed by atoms with Crippen molar-refractivity contribution in [2.45, 2.75) is 0 Å². The predicted octanol–water partition coefficient (Wildman–Crippen LogP) is 3.16. The average molecular weight is 457 g/mol. The second-order valence-corrected chi connectivity index (χ2v) is 8.17. The van der Waals surface area contributed by atoms with Gasteiger partial charge in [0.1, 0.15) is 5.75 Å². The van der Waals surface area contributed by atoms with Crippen LogP contribution in [-0.2, 0) is 4.79 Å². The van der Waals surface area contributed by atoms with Gasteiger partial charge in [0.15, 0.2) is 0 Å².